The highest BCUT2D eigenvalue weighted by Gasteiger charge is 2.10. The van der Waals surface area contributed by atoms with Crippen molar-refractivity contribution in [1.82, 2.24) is 10.3 Å². The van der Waals surface area contributed by atoms with E-state index in [1.54, 1.807) is 24.5 Å². The van der Waals surface area contributed by atoms with Crippen LogP contribution in [0.3, 0.4) is 0 Å². The standard InChI is InChI=1S/C15H18N2O/c1-11(13-3-5-15(18)6-4-13)17-12(2)14-7-9-16-10-8-14/h3-12,17-18H,1-2H3. The molecule has 0 aliphatic heterocycles. The highest BCUT2D eigenvalue weighted by molar-refractivity contribution is 5.28. The SMILES string of the molecule is CC(NC(C)c1ccc(O)cc1)c1ccncc1. The lowest BCUT2D eigenvalue weighted by atomic mass is 10.1. The summed E-state index contributed by atoms with van der Waals surface area (Å²) in [6.45, 7) is 4.25. The number of aromatic hydroxyl groups is 1. The molecule has 0 radical (unpaired) electrons. The maximum Gasteiger partial charge on any atom is 0.115 e. The lowest BCUT2D eigenvalue weighted by molar-refractivity contribution is 0.472. The summed E-state index contributed by atoms with van der Waals surface area (Å²) in [5.74, 6) is 0.299. The first-order valence-corrected chi connectivity index (χ1v) is 6.11. The van der Waals surface area contributed by atoms with Crippen LogP contribution in [0.2, 0.25) is 0 Å². The molecule has 2 N–H and O–H groups in total. The summed E-state index contributed by atoms with van der Waals surface area (Å²) in [5, 5.41) is 12.8. The number of benzene rings is 1. The van der Waals surface area contributed by atoms with E-state index in [1.807, 2.05) is 24.3 Å². The normalized spacial score (nSPS) is 14.1. The molecule has 94 valence electrons. The van der Waals surface area contributed by atoms with Crippen molar-refractivity contribution >= 4 is 0 Å². The van der Waals surface area contributed by atoms with E-state index in [0.717, 1.165) is 5.56 Å². The van der Waals surface area contributed by atoms with Gasteiger partial charge in [0.05, 0.1) is 0 Å². The quantitative estimate of drug-likeness (QED) is 0.865. The molecular weight excluding hydrogens is 224 g/mol. The zero-order chi connectivity index (χ0) is 13.0. The number of aromatic nitrogens is 1. The average Bonchev–Trinajstić information content (AvgIpc) is 2.40. The second-order valence-corrected chi connectivity index (χ2v) is 4.48. The third-order valence-electron chi connectivity index (χ3n) is 3.10. The molecule has 2 atom stereocenters. The molecule has 1 heterocycles. The van der Waals surface area contributed by atoms with Crippen LogP contribution in [0.1, 0.15) is 37.1 Å². The summed E-state index contributed by atoms with van der Waals surface area (Å²) >= 11 is 0. The molecule has 0 fully saturated rings. The van der Waals surface area contributed by atoms with Gasteiger partial charge in [-0.3, -0.25) is 4.98 Å². The second kappa shape index (κ2) is 5.65. The first-order valence-electron chi connectivity index (χ1n) is 6.11. The Labute approximate surface area is 108 Å². The lowest BCUT2D eigenvalue weighted by Crippen LogP contribution is -2.22. The minimum Gasteiger partial charge on any atom is -0.508 e. The Morgan fingerprint density at radius 1 is 0.889 bits per heavy atom. The number of hydrogen-bond donors (Lipinski definition) is 2. The van der Waals surface area contributed by atoms with Crippen LogP contribution in [0.5, 0.6) is 5.75 Å². The molecule has 0 aliphatic carbocycles. The van der Waals surface area contributed by atoms with Gasteiger partial charge in [-0.2, -0.15) is 0 Å². The van der Waals surface area contributed by atoms with Crippen molar-refractivity contribution < 1.29 is 5.11 Å². The average molecular weight is 242 g/mol. The van der Waals surface area contributed by atoms with Crippen LogP contribution in [0.4, 0.5) is 0 Å². The minimum atomic E-state index is 0.230. The number of hydrogen-bond acceptors (Lipinski definition) is 3. The van der Waals surface area contributed by atoms with Gasteiger partial charge in [0.1, 0.15) is 5.75 Å². The third-order valence-corrected chi connectivity index (χ3v) is 3.10. The summed E-state index contributed by atoms with van der Waals surface area (Å²) in [7, 11) is 0. The summed E-state index contributed by atoms with van der Waals surface area (Å²) < 4.78 is 0. The highest BCUT2D eigenvalue weighted by Crippen LogP contribution is 2.20. The molecule has 2 rings (SSSR count). The van der Waals surface area contributed by atoms with E-state index in [4.69, 9.17) is 0 Å². The molecule has 3 nitrogen and oxygen atoms in total. The third kappa shape index (κ3) is 3.08. The van der Waals surface area contributed by atoms with Crippen LogP contribution in [0, 0.1) is 0 Å². The minimum absolute atomic E-state index is 0.230. The fourth-order valence-electron chi connectivity index (χ4n) is 1.98. The number of nitrogens with zero attached hydrogens (tertiary/aromatic N) is 1. The van der Waals surface area contributed by atoms with E-state index in [0.29, 0.717) is 5.75 Å². The lowest BCUT2D eigenvalue weighted by Gasteiger charge is -2.20. The molecule has 1 aromatic carbocycles. The monoisotopic (exact) mass is 242 g/mol. The molecule has 3 heteroatoms. The predicted octanol–water partition coefficient (Wildman–Crippen LogP) is 3.20. The first kappa shape index (κ1) is 12.6. The van der Waals surface area contributed by atoms with E-state index in [1.165, 1.54) is 5.56 Å². The van der Waals surface area contributed by atoms with Crippen LogP contribution >= 0.6 is 0 Å². The fraction of sp³-hybridized carbons (Fsp3) is 0.267. The van der Waals surface area contributed by atoms with Crippen molar-refractivity contribution in [2.45, 2.75) is 25.9 Å². The van der Waals surface area contributed by atoms with E-state index in [9.17, 15) is 5.11 Å². The molecule has 1 aromatic heterocycles. The van der Waals surface area contributed by atoms with Crippen molar-refractivity contribution in [3.63, 3.8) is 0 Å². The van der Waals surface area contributed by atoms with Gasteiger partial charge in [0, 0.05) is 24.5 Å². The van der Waals surface area contributed by atoms with Gasteiger partial charge in [-0.25, -0.2) is 0 Å². The van der Waals surface area contributed by atoms with E-state index < -0.39 is 0 Å². The van der Waals surface area contributed by atoms with Gasteiger partial charge in [-0.15, -0.1) is 0 Å². The summed E-state index contributed by atoms with van der Waals surface area (Å²) in [4.78, 5) is 4.02. The van der Waals surface area contributed by atoms with Gasteiger partial charge in [0.2, 0.25) is 0 Å². The van der Waals surface area contributed by atoms with Gasteiger partial charge >= 0.3 is 0 Å². The molecule has 18 heavy (non-hydrogen) atoms. The molecular formula is C15H18N2O. The van der Waals surface area contributed by atoms with E-state index in [2.05, 4.69) is 24.1 Å². The summed E-state index contributed by atoms with van der Waals surface area (Å²) in [6, 6.07) is 11.8. The number of pyridine rings is 1. The zero-order valence-electron chi connectivity index (χ0n) is 10.7. The topological polar surface area (TPSA) is 45.1 Å². The first-order chi connectivity index (χ1) is 8.66. The Bertz CT molecular complexity index is 482. The zero-order valence-corrected chi connectivity index (χ0v) is 10.7. The van der Waals surface area contributed by atoms with Gasteiger partial charge in [0.15, 0.2) is 0 Å². The van der Waals surface area contributed by atoms with Crippen LogP contribution in [0.15, 0.2) is 48.8 Å². The highest BCUT2D eigenvalue weighted by atomic mass is 16.3. The second-order valence-electron chi connectivity index (χ2n) is 4.48. The number of phenolic OH excluding ortho intramolecular Hbond substituents is 1. The van der Waals surface area contributed by atoms with Gasteiger partial charge in [-0.05, 0) is 49.2 Å². The molecule has 0 bridgehead atoms. The molecule has 2 aromatic rings. The Balaban J connectivity index is 2.03. The van der Waals surface area contributed by atoms with Gasteiger partial charge < -0.3 is 10.4 Å². The number of phenols is 1. The smallest absolute Gasteiger partial charge is 0.115 e. The maximum absolute atomic E-state index is 9.27. The maximum atomic E-state index is 9.27. The van der Waals surface area contributed by atoms with E-state index in [-0.39, 0.29) is 12.1 Å². The largest absolute Gasteiger partial charge is 0.508 e. The Hall–Kier alpha value is -1.87. The Morgan fingerprint density at radius 3 is 1.94 bits per heavy atom. The summed E-state index contributed by atoms with van der Waals surface area (Å²) in [5.41, 5.74) is 2.38. The number of nitrogens with one attached hydrogen (secondary N) is 1. The molecule has 0 aliphatic rings. The van der Waals surface area contributed by atoms with Gasteiger partial charge in [-0.1, -0.05) is 12.1 Å². The van der Waals surface area contributed by atoms with Crippen LogP contribution in [-0.2, 0) is 0 Å². The van der Waals surface area contributed by atoms with Crippen molar-refractivity contribution in [2.75, 3.05) is 0 Å². The Kier molecular flexibility index (Phi) is 3.95. The fourth-order valence-corrected chi connectivity index (χ4v) is 1.98. The van der Waals surface area contributed by atoms with Crippen LogP contribution < -0.4 is 5.32 Å². The van der Waals surface area contributed by atoms with Crippen LogP contribution in [0.25, 0.3) is 0 Å². The predicted molar refractivity (Wildman–Crippen MR) is 72.3 cm³/mol. The number of rotatable bonds is 4. The van der Waals surface area contributed by atoms with Gasteiger partial charge in [0.25, 0.3) is 0 Å². The molecule has 0 amide bonds. The van der Waals surface area contributed by atoms with Crippen molar-refractivity contribution in [3.05, 3.63) is 59.9 Å². The Morgan fingerprint density at radius 2 is 1.39 bits per heavy atom. The summed E-state index contributed by atoms with van der Waals surface area (Å²) in [6.07, 6.45) is 3.61. The molecule has 0 saturated heterocycles. The van der Waals surface area contributed by atoms with Crippen molar-refractivity contribution in [3.8, 4) is 5.75 Å². The van der Waals surface area contributed by atoms with E-state index >= 15 is 0 Å². The molecule has 2 unspecified atom stereocenters. The van der Waals surface area contributed by atoms with Crippen molar-refractivity contribution in [2.24, 2.45) is 0 Å². The van der Waals surface area contributed by atoms with Crippen LogP contribution in [-0.4, -0.2) is 10.1 Å². The molecule has 0 saturated carbocycles. The molecule has 0 spiro atoms. The van der Waals surface area contributed by atoms with Crippen molar-refractivity contribution in [1.29, 1.82) is 0 Å².